The maximum absolute atomic E-state index is 6.60. The van der Waals surface area contributed by atoms with E-state index >= 15 is 0 Å². The fourth-order valence-electron chi connectivity index (χ4n) is 5.53. The Hall–Kier alpha value is -3.25. The maximum Gasteiger partial charge on any atom is 0.130 e. The lowest BCUT2D eigenvalue weighted by molar-refractivity contribution is 0.298. The molecule has 4 nitrogen and oxygen atoms in total. The number of nitrogens with two attached hydrogens (primary N) is 1. The Morgan fingerprint density at radius 2 is 1.77 bits per heavy atom. The van der Waals surface area contributed by atoms with Crippen LogP contribution in [0.25, 0.3) is 22.0 Å². The first-order valence-corrected chi connectivity index (χ1v) is 15.0. The van der Waals surface area contributed by atoms with E-state index in [1.807, 2.05) is 48.3 Å². The molecule has 3 heterocycles. The van der Waals surface area contributed by atoms with Gasteiger partial charge in [-0.2, -0.15) is 0 Å². The molecule has 0 amide bonds. The van der Waals surface area contributed by atoms with Gasteiger partial charge in [-0.3, -0.25) is 4.98 Å². The summed E-state index contributed by atoms with van der Waals surface area (Å²) in [5.41, 5.74) is 14.5. The van der Waals surface area contributed by atoms with Crippen LogP contribution in [0.15, 0.2) is 90.0 Å². The number of ether oxygens (including phenoxy) is 1. The van der Waals surface area contributed by atoms with Crippen LogP contribution in [0.2, 0.25) is 5.02 Å². The first-order valence-electron chi connectivity index (χ1n) is 13.8. The lowest BCUT2D eigenvalue weighted by Gasteiger charge is -2.24. The average molecular weight is 568 g/mol. The van der Waals surface area contributed by atoms with Gasteiger partial charge in [-0.25, -0.2) is 0 Å². The van der Waals surface area contributed by atoms with Gasteiger partial charge in [-0.1, -0.05) is 67.1 Å². The third-order valence-electron chi connectivity index (χ3n) is 7.35. The molecule has 6 rings (SSSR count). The molecule has 0 radical (unpaired) electrons. The molecule has 0 saturated carbocycles. The van der Waals surface area contributed by atoms with Crippen molar-refractivity contribution in [2.45, 2.75) is 62.4 Å². The minimum absolute atomic E-state index is 0.332. The van der Waals surface area contributed by atoms with Crippen molar-refractivity contribution in [3.8, 4) is 16.9 Å². The van der Waals surface area contributed by atoms with Crippen molar-refractivity contribution in [2.75, 3.05) is 0 Å². The van der Waals surface area contributed by atoms with Crippen molar-refractivity contribution >= 4 is 34.3 Å². The van der Waals surface area contributed by atoms with Crippen LogP contribution >= 0.6 is 23.4 Å². The molecule has 1 aliphatic heterocycles. The normalized spacial score (nSPS) is 15.0. The molecule has 2 aromatic heterocycles. The van der Waals surface area contributed by atoms with Crippen molar-refractivity contribution < 1.29 is 4.74 Å². The number of hydrogen-bond acceptors (Lipinski definition) is 4. The van der Waals surface area contributed by atoms with Gasteiger partial charge >= 0.3 is 0 Å². The molecule has 5 aromatic rings. The summed E-state index contributed by atoms with van der Waals surface area (Å²) in [6.07, 6.45) is 3.68. The highest BCUT2D eigenvalue weighted by Crippen LogP contribution is 2.47. The molecule has 0 fully saturated rings. The van der Waals surface area contributed by atoms with Gasteiger partial charge in [0.15, 0.2) is 0 Å². The van der Waals surface area contributed by atoms with E-state index < -0.39 is 0 Å². The molecule has 0 saturated heterocycles. The molecule has 0 bridgehead atoms. The van der Waals surface area contributed by atoms with Gasteiger partial charge < -0.3 is 15.0 Å². The first kappa shape index (κ1) is 26.9. The van der Waals surface area contributed by atoms with E-state index in [-0.39, 0.29) is 5.54 Å². The Bertz CT molecular complexity index is 1640. The first-order chi connectivity index (χ1) is 19.2. The summed E-state index contributed by atoms with van der Waals surface area (Å²) in [4.78, 5) is 6.03. The van der Waals surface area contributed by atoms with Crippen molar-refractivity contribution in [1.29, 1.82) is 0 Å². The van der Waals surface area contributed by atoms with Gasteiger partial charge in [-0.15, -0.1) is 11.8 Å². The molecule has 1 unspecified atom stereocenters. The van der Waals surface area contributed by atoms with E-state index in [0.717, 1.165) is 47.0 Å². The molecular weight excluding hydrogens is 534 g/mol. The van der Waals surface area contributed by atoms with Crippen LogP contribution in [0.5, 0.6) is 5.75 Å². The summed E-state index contributed by atoms with van der Waals surface area (Å²) in [6.45, 7) is 7.71. The van der Waals surface area contributed by atoms with Crippen molar-refractivity contribution in [3.63, 3.8) is 0 Å². The second kappa shape index (κ2) is 11.0. The predicted octanol–water partition coefficient (Wildman–Crippen LogP) is 8.30. The minimum Gasteiger partial charge on any atom is -0.487 e. The van der Waals surface area contributed by atoms with Crippen LogP contribution in [0, 0.1) is 0 Å². The van der Waals surface area contributed by atoms with E-state index in [2.05, 4.69) is 78.9 Å². The highest BCUT2D eigenvalue weighted by atomic mass is 35.5. The number of nitrogens with zero attached hydrogens (tertiary/aromatic N) is 2. The molecule has 6 heteroatoms. The third kappa shape index (κ3) is 5.64. The Balaban J connectivity index is 1.35. The summed E-state index contributed by atoms with van der Waals surface area (Å²) >= 11 is 8.14. The third-order valence-corrected chi connectivity index (χ3v) is 8.85. The smallest absolute Gasteiger partial charge is 0.130 e. The number of hydrogen-bond donors (Lipinski definition) is 1. The van der Waals surface area contributed by atoms with Gasteiger partial charge in [0.05, 0.1) is 11.2 Å². The number of pyridine rings is 1. The van der Waals surface area contributed by atoms with Crippen LogP contribution in [0.4, 0.5) is 0 Å². The summed E-state index contributed by atoms with van der Waals surface area (Å²) < 4.78 is 8.92. The summed E-state index contributed by atoms with van der Waals surface area (Å²) in [7, 11) is 0. The van der Waals surface area contributed by atoms with Crippen molar-refractivity contribution in [1.82, 2.24) is 9.55 Å². The monoisotopic (exact) mass is 567 g/mol. The Morgan fingerprint density at radius 1 is 1.00 bits per heavy atom. The molecule has 2 N–H and O–H groups in total. The SMILES string of the molecule is CC1Cc2c(OCc3ccc(-c4ccccc4)cn3)ccc3c2c(c(CC(C)(C)N)n3Cc2ccc(Cl)cc2)S1. The van der Waals surface area contributed by atoms with Crippen LogP contribution in [-0.2, 0) is 26.0 Å². The number of rotatable bonds is 8. The van der Waals surface area contributed by atoms with E-state index in [4.69, 9.17) is 22.1 Å². The molecule has 0 spiro atoms. The quantitative estimate of drug-likeness (QED) is 0.205. The molecular formula is C34H34ClN3OS. The lowest BCUT2D eigenvalue weighted by Crippen LogP contribution is -2.35. The summed E-state index contributed by atoms with van der Waals surface area (Å²) in [5, 5.41) is 2.50. The fraction of sp³-hybridized carbons (Fsp3) is 0.265. The van der Waals surface area contributed by atoms with E-state index in [1.165, 1.54) is 32.6 Å². The Labute approximate surface area is 245 Å². The van der Waals surface area contributed by atoms with Crippen LogP contribution in [0.1, 0.15) is 43.3 Å². The van der Waals surface area contributed by atoms with Gasteiger partial charge in [0.2, 0.25) is 0 Å². The average Bonchev–Trinajstić information content (AvgIpc) is 3.21. The highest BCUT2D eigenvalue weighted by Gasteiger charge is 2.30. The molecule has 204 valence electrons. The molecule has 3 aromatic carbocycles. The minimum atomic E-state index is -0.332. The van der Waals surface area contributed by atoms with E-state index in [0.29, 0.717) is 11.9 Å². The highest BCUT2D eigenvalue weighted by molar-refractivity contribution is 8.00. The zero-order valence-electron chi connectivity index (χ0n) is 23.2. The van der Waals surface area contributed by atoms with E-state index in [9.17, 15) is 0 Å². The maximum atomic E-state index is 6.60. The standard InChI is InChI=1S/C34H34ClN3OS/c1-22-17-28-31(39-21-27-14-11-25(19-37-27)24-7-5-4-6-8-24)16-15-29-32(28)33(40-22)30(18-34(2,3)36)38(29)20-23-9-12-26(35)13-10-23/h4-16,19,22H,17-18,20-21,36H2,1-3H3. The second-order valence-corrected chi connectivity index (χ2v) is 13.3. The van der Waals surface area contributed by atoms with Crippen molar-refractivity contribution in [3.05, 3.63) is 113 Å². The Morgan fingerprint density at radius 3 is 2.48 bits per heavy atom. The number of halogens is 1. The van der Waals surface area contributed by atoms with Gasteiger partial charge in [0, 0.05) is 62.1 Å². The van der Waals surface area contributed by atoms with Crippen molar-refractivity contribution in [2.24, 2.45) is 5.73 Å². The lowest BCUT2D eigenvalue weighted by atomic mass is 9.98. The Kier molecular flexibility index (Phi) is 7.39. The van der Waals surface area contributed by atoms with Crippen LogP contribution in [-0.4, -0.2) is 20.3 Å². The fourth-order valence-corrected chi connectivity index (χ4v) is 6.97. The number of benzene rings is 3. The van der Waals surface area contributed by atoms with Gasteiger partial charge in [-0.05, 0) is 61.7 Å². The van der Waals surface area contributed by atoms with Gasteiger partial charge in [0.1, 0.15) is 12.4 Å². The van der Waals surface area contributed by atoms with E-state index in [1.54, 1.807) is 0 Å². The zero-order valence-corrected chi connectivity index (χ0v) is 24.7. The molecule has 0 aliphatic carbocycles. The molecule has 40 heavy (non-hydrogen) atoms. The summed E-state index contributed by atoms with van der Waals surface area (Å²) in [6, 6.07) is 27.0. The van der Waals surface area contributed by atoms with Crippen LogP contribution in [0.3, 0.4) is 0 Å². The zero-order chi connectivity index (χ0) is 27.9. The topological polar surface area (TPSA) is 53.1 Å². The molecule has 1 atom stereocenters. The number of thioether (sulfide) groups is 1. The number of aromatic nitrogens is 2. The second-order valence-electron chi connectivity index (χ2n) is 11.4. The molecule has 1 aliphatic rings. The largest absolute Gasteiger partial charge is 0.487 e. The summed E-state index contributed by atoms with van der Waals surface area (Å²) in [5.74, 6) is 0.942. The predicted molar refractivity (Wildman–Crippen MR) is 167 cm³/mol. The van der Waals surface area contributed by atoms with Gasteiger partial charge in [0.25, 0.3) is 0 Å². The van der Waals surface area contributed by atoms with Crippen LogP contribution < -0.4 is 10.5 Å².